The molecule has 47 heavy (non-hydrogen) atoms. The number of ether oxygens (including phenoxy) is 1. The molecule has 0 amide bonds. The molecule has 6 rings (SSSR count). The van der Waals surface area contributed by atoms with Gasteiger partial charge in [0.05, 0.1) is 0 Å². The predicted molar refractivity (Wildman–Crippen MR) is 194 cm³/mol. The highest BCUT2D eigenvalue weighted by atomic mass is 16.5. The lowest BCUT2D eigenvalue weighted by Gasteiger charge is -2.40. The first-order valence-corrected chi connectivity index (χ1v) is 17.3. The zero-order chi connectivity index (χ0) is 33.1. The molecule has 244 valence electrons. The van der Waals surface area contributed by atoms with Crippen LogP contribution in [0.3, 0.4) is 0 Å². The Balaban J connectivity index is 1.15. The van der Waals surface area contributed by atoms with Crippen molar-refractivity contribution in [3.05, 3.63) is 136 Å². The lowest BCUT2D eigenvalue weighted by Crippen LogP contribution is -2.45. The predicted octanol–water partition coefficient (Wildman–Crippen LogP) is 8.96. The Morgan fingerprint density at radius 1 is 1.02 bits per heavy atom. The third kappa shape index (κ3) is 6.78. The van der Waals surface area contributed by atoms with Crippen LogP contribution in [0.4, 0.5) is 5.69 Å². The standard InChI is InChI=1S/C42H49N3O2/c1-7-23-45(39-26-35(19-17-29(39)2)40(46)34-12-9-13-34)32(5)28-44-24-21-33(22-25-44)38-16-8-11-30(3)41(38)47-42(6,36-14-10-15-36)37-20-18-31(4)43-27-37/h8-20,26-27,32-33H,7,21-25,28H2,1-6H3. The second-order valence-electron chi connectivity index (χ2n) is 13.7. The number of allylic oxidation sites excluding steroid dienone is 6. The average Bonchev–Trinajstić information content (AvgIpc) is 3.00. The normalized spacial score (nSPS) is 18.0. The van der Waals surface area contributed by atoms with Crippen LogP contribution in [0.1, 0.15) is 84.3 Å². The molecule has 1 aliphatic heterocycles. The van der Waals surface area contributed by atoms with Crippen LogP contribution < -0.4 is 9.64 Å². The second kappa shape index (κ2) is 13.9. The van der Waals surface area contributed by atoms with Crippen LogP contribution in [0.15, 0.2) is 102 Å². The molecular formula is C42H49N3O2. The molecule has 5 heteroatoms. The van der Waals surface area contributed by atoms with Crippen LogP contribution in [0.5, 0.6) is 5.75 Å². The molecule has 2 unspecified atom stereocenters. The summed E-state index contributed by atoms with van der Waals surface area (Å²) in [5.41, 5.74) is 9.05. The maximum Gasteiger partial charge on any atom is 0.193 e. The molecule has 0 saturated carbocycles. The Kier molecular flexibility index (Phi) is 9.65. The number of piperidine rings is 1. The highest BCUT2D eigenvalue weighted by molar-refractivity contribution is 6.12. The van der Waals surface area contributed by atoms with Crippen molar-refractivity contribution in [2.24, 2.45) is 0 Å². The van der Waals surface area contributed by atoms with E-state index >= 15 is 0 Å². The Morgan fingerprint density at radius 2 is 1.77 bits per heavy atom. The van der Waals surface area contributed by atoms with Crippen molar-refractivity contribution >= 4 is 11.5 Å². The van der Waals surface area contributed by atoms with Gasteiger partial charge in [-0.2, -0.15) is 0 Å². The van der Waals surface area contributed by atoms with E-state index in [0.29, 0.717) is 12.0 Å². The van der Waals surface area contributed by atoms with Gasteiger partial charge >= 0.3 is 0 Å². The van der Waals surface area contributed by atoms with Crippen molar-refractivity contribution in [3.63, 3.8) is 0 Å². The fourth-order valence-corrected chi connectivity index (χ4v) is 7.17. The van der Waals surface area contributed by atoms with Crippen LogP contribution in [0, 0.1) is 20.8 Å². The van der Waals surface area contributed by atoms with Crippen molar-refractivity contribution in [1.29, 1.82) is 0 Å². The highest BCUT2D eigenvalue weighted by Crippen LogP contribution is 2.43. The fraction of sp³-hybridized carbons (Fsp3) is 0.381. The number of ketones is 1. The molecule has 2 aliphatic carbocycles. The second-order valence-corrected chi connectivity index (χ2v) is 13.7. The quantitative estimate of drug-likeness (QED) is 0.177. The minimum absolute atomic E-state index is 0.108. The maximum atomic E-state index is 13.0. The van der Waals surface area contributed by atoms with Crippen LogP contribution in [-0.2, 0) is 5.60 Å². The van der Waals surface area contributed by atoms with Gasteiger partial charge in [-0.1, -0.05) is 79.8 Å². The number of nitrogens with zero attached hydrogens (tertiary/aromatic N) is 3. The van der Waals surface area contributed by atoms with Gasteiger partial charge in [-0.3, -0.25) is 9.78 Å². The minimum Gasteiger partial charge on any atom is -0.477 e. The number of hydrogen-bond acceptors (Lipinski definition) is 5. The first-order valence-electron chi connectivity index (χ1n) is 17.3. The smallest absolute Gasteiger partial charge is 0.193 e. The topological polar surface area (TPSA) is 45.7 Å². The number of benzene rings is 2. The SMILES string of the molecule is CCCN(c1cc(C(=O)C2=CC=C2)ccc1C)C(C)CN1CCC(c2cccc(C)c2OC(C)(C2=CC=C2)c2ccc(C)nc2)CC1. The van der Waals surface area contributed by atoms with E-state index in [-0.39, 0.29) is 5.78 Å². The van der Waals surface area contributed by atoms with Crippen LogP contribution in [-0.4, -0.2) is 47.9 Å². The summed E-state index contributed by atoms with van der Waals surface area (Å²) in [7, 11) is 0. The monoisotopic (exact) mass is 627 g/mol. The Morgan fingerprint density at radius 3 is 2.38 bits per heavy atom. The molecular weight excluding hydrogens is 578 g/mol. The number of para-hydroxylation sites is 1. The van der Waals surface area contributed by atoms with Gasteiger partial charge in [0.15, 0.2) is 11.4 Å². The number of aryl methyl sites for hydroxylation is 3. The number of anilines is 1. The minimum atomic E-state index is -0.610. The molecule has 1 saturated heterocycles. The first-order chi connectivity index (χ1) is 22.7. The molecule has 1 fully saturated rings. The number of carbonyl (C=O) groups is 1. The lowest BCUT2D eigenvalue weighted by molar-refractivity contribution is 0.103. The Labute approximate surface area is 281 Å². The molecule has 1 aromatic heterocycles. The van der Waals surface area contributed by atoms with E-state index < -0.39 is 5.60 Å². The highest BCUT2D eigenvalue weighted by Gasteiger charge is 2.36. The van der Waals surface area contributed by atoms with Crippen molar-refractivity contribution < 1.29 is 9.53 Å². The molecule has 2 heterocycles. The van der Waals surface area contributed by atoms with Gasteiger partial charge in [-0.15, -0.1) is 0 Å². The van der Waals surface area contributed by atoms with Gasteiger partial charge in [0.2, 0.25) is 0 Å². The van der Waals surface area contributed by atoms with Gasteiger partial charge in [-0.25, -0.2) is 0 Å². The third-order valence-electron chi connectivity index (χ3n) is 10.3. The van der Waals surface area contributed by atoms with E-state index in [1.165, 1.54) is 28.0 Å². The Bertz CT molecular complexity index is 1740. The average molecular weight is 628 g/mol. The third-order valence-corrected chi connectivity index (χ3v) is 10.3. The van der Waals surface area contributed by atoms with Gasteiger partial charge in [0.25, 0.3) is 0 Å². The molecule has 0 bridgehead atoms. The molecule has 0 radical (unpaired) electrons. The van der Waals surface area contributed by atoms with E-state index in [2.05, 4.69) is 110 Å². The van der Waals surface area contributed by atoms with Gasteiger partial charge in [0.1, 0.15) is 5.75 Å². The van der Waals surface area contributed by atoms with Crippen molar-refractivity contribution in [2.75, 3.05) is 31.1 Å². The summed E-state index contributed by atoms with van der Waals surface area (Å²) in [5.74, 6) is 1.56. The molecule has 0 spiro atoms. The van der Waals surface area contributed by atoms with Crippen LogP contribution >= 0.6 is 0 Å². The van der Waals surface area contributed by atoms with E-state index in [1.54, 1.807) is 0 Å². The Hall–Kier alpha value is -4.22. The number of likely N-dealkylation sites (tertiary alicyclic amines) is 1. The lowest BCUT2D eigenvalue weighted by atomic mass is 9.83. The zero-order valence-corrected chi connectivity index (χ0v) is 28.9. The molecule has 3 aliphatic rings. The number of rotatable bonds is 13. The van der Waals surface area contributed by atoms with E-state index in [4.69, 9.17) is 4.74 Å². The largest absolute Gasteiger partial charge is 0.477 e. The van der Waals surface area contributed by atoms with Crippen molar-refractivity contribution in [2.45, 2.75) is 78.4 Å². The van der Waals surface area contributed by atoms with Crippen LogP contribution in [0.25, 0.3) is 0 Å². The first kappa shape index (κ1) is 32.7. The molecule has 5 nitrogen and oxygen atoms in total. The maximum absolute atomic E-state index is 13.0. The number of carbonyl (C=O) groups excluding carboxylic acids is 1. The number of hydrogen-bond donors (Lipinski definition) is 0. The van der Waals surface area contributed by atoms with E-state index in [0.717, 1.165) is 73.6 Å². The number of aromatic nitrogens is 1. The molecule has 2 aromatic carbocycles. The van der Waals surface area contributed by atoms with E-state index in [9.17, 15) is 4.79 Å². The van der Waals surface area contributed by atoms with Crippen molar-refractivity contribution in [3.8, 4) is 5.75 Å². The molecule has 2 atom stereocenters. The summed E-state index contributed by atoms with van der Waals surface area (Å²) in [6.45, 7) is 17.1. The van der Waals surface area contributed by atoms with Crippen molar-refractivity contribution in [1.82, 2.24) is 9.88 Å². The summed E-state index contributed by atoms with van der Waals surface area (Å²) in [5, 5.41) is 0. The number of pyridine rings is 1. The summed E-state index contributed by atoms with van der Waals surface area (Å²) >= 11 is 0. The summed E-state index contributed by atoms with van der Waals surface area (Å²) in [4.78, 5) is 22.7. The van der Waals surface area contributed by atoms with Crippen LogP contribution in [0.2, 0.25) is 0 Å². The van der Waals surface area contributed by atoms with Gasteiger partial charge in [0, 0.05) is 53.4 Å². The summed E-state index contributed by atoms with van der Waals surface area (Å²) < 4.78 is 7.10. The summed E-state index contributed by atoms with van der Waals surface area (Å²) in [6, 6.07) is 17.3. The molecule has 3 aromatic rings. The van der Waals surface area contributed by atoms with E-state index in [1.807, 2.05) is 37.4 Å². The van der Waals surface area contributed by atoms with Gasteiger partial charge < -0.3 is 14.5 Å². The molecule has 0 N–H and O–H groups in total. The fourth-order valence-electron chi connectivity index (χ4n) is 7.17. The summed E-state index contributed by atoms with van der Waals surface area (Å²) in [6.07, 6.45) is 17.3. The van der Waals surface area contributed by atoms with Gasteiger partial charge in [-0.05, 0) is 107 Å². The zero-order valence-electron chi connectivity index (χ0n) is 28.9. The number of Topliss-reactive ketones (excluding diaryl/α,β-unsaturated/α-hetero) is 1.